The van der Waals surface area contributed by atoms with Gasteiger partial charge in [-0.1, -0.05) is 175 Å². The molecule has 0 amide bonds. The van der Waals surface area contributed by atoms with Crippen LogP contribution in [0.4, 0.5) is 17.1 Å². The van der Waals surface area contributed by atoms with Crippen molar-refractivity contribution in [2.75, 3.05) is 9.80 Å². The molecule has 0 saturated carbocycles. The highest BCUT2D eigenvalue weighted by Gasteiger charge is 2.70. The molecule has 0 saturated heterocycles. The van der Waals surface area contributed by atoms with Gasteiger partial charge in [-0.15, -0.1) is 4.57 Å². The highest BCUT2D eigenvalue weighted by atomic mass is 16.5. The highest BCUT2D eigenvalue weighted by Crippen LogP contribution is 2.68. The van der Waals surface area contributed by atoms with Gasteiger partial charge in [-0.25, -0.2) is 4.90 Å². The summed E-state index contributed by atoms with van der Waals surface area (Å²) in [4.78, 5) is 5.36. The smallest absolute Gasteiger partial charge is 0.410 e. The van der Waals surface area contributed by atoms with Gasteiger partial charge in [-0.3, -0.25) is 0 Å². The molecule has 4 aliphatic rings. The fourth-order valence-electron chi connectivity index (χ4n) is 11.3. The summed E-state index contributed by atoms with van der Waals surface area (Å²) in [6.07, 6.45) is 4.22. The lowest BCUT2D eigenvalue weighted by atomic mass is 9.77. The molecule has 334 valence electrons. The number of anilines is 3. The highest BCUT2D eigenvalue weighted by molar-refractivity contribution is 6.03. The summed E-state index contributed by atoms with van der Waals surface area (Å²) in [7, 11) is 0. The van der Waals surface area contributed by atoms with Crippen LogP contribution < -0.4 is 19.1 Å². The molecule has 4 nitrogen and oxygen atoms in total. The molecule has 11 rings (SSSR count). The van der Waals surface area contributed by atoms with Gasteiger partial charge in [0.2, 0.25) is 5.69 Å². The molecule has 1 spiro atoms. The van der Waals surface area contributed by atoms with Crippen molar-refractivity contribution in [3.8, 4) is 50.4 Å². The summed E-state index contributed by atoms with van der Waals surface area (Å²) < 4.78 is 10.7. The first-order valence-electron chi connectivity index (χ1n) is 24.3. The number of hydrogen-bond acceptors (Lipinski definition) is 3. The van der Waals surface area contributed by atoms with Crippen LogP contribution in [-0.2, 0) is 33.9 Å². The Morgan fingerprint density at radius 3 is 1.89 bits per heavy atom. The van der Waals surface area contributed by atoms with Gasteiger partial charge in [0, 0.05) is 39.9 Å². The Balaban J connectivity index is 1.27. The van der Waals surface area contributed by atoms with Gasteiger partial charge in [0.1, 0.15) is 17.5 Å². The molecule has 0 radical (unpaired) electrons. The minimum Gasteiger partial charge on any atom is -0.410 e. The Kier molecular flexibility index (Phi) is 9.14. The van der Waals surface area contributed by atoms with Crippen LogP contribution in [0.1, 0.15) is 142 Å². The van der Waals surface area contributed by atoms with Crippen LogP contribution in [0.3, 0.4) is 0 Å². The number of rotatable bonds is 5. The molecule has 66 heavy (non-hydrogen) atoms. The Labute approximate surface area is 393 Å². The van der Waals surface area contributed by atoms with Crippen molar-refractivity contribution in [1.82, 2.24) is 0 Å². The molecule has 0 fully saturated rings. The van der Waals surface area contributed by atoms with Crippen LogP contribution >= 0.6 is 0 Å². The van der Waals surface area contributed by atoms with Crippen molar-refractivity contribution >= 4 is 17.1 Å². The molecule has 0 N–H and O–H groups in total. The second-order valence-corrected chi connectivity index (χ2v) is 23.6. The average Bonchev–Trinajstić information content (AvgIpc) is 3.76. The third kappa shape index (κ3) is 6.19. The monoisotopic (exact) mass is 869 g/mol. The van der Waals surface area contributed by atoms with E-state index < -0.39 is 5.85 Å². The van der Waals surface area contributed by atoms with Gasteiger partial charge in [0.15, 0.2) is 6.20 Å². The minimum absolute atomic E-state index is 0.0776. The van der Waals surface area contributed by atoms with Gasteiger partial charge in [-0.2, -0.15) is 0 Å². The van der Waals surface area contributed by atoms with E-state index in [1.54, 1.807) is 0 Å². The summed E-state index contributed by atoms with van der Waals surface area (Å²) in [6, 6.07) is 49.2. The Morgan fingerprint density at radius 2 is 1.23 bits per heavy atom. The zero-order valence-electron chi connectivity index (χ0n) is 41.4. The van der Waals surface area contributed by atoms with E-state index in [4.69, 9.17) is 4.74 Å². The molecule has 7 aromatic rings. The summed E-state index contributed by atoms with van der Waals surface area (Å²) in [5.41, 5.74) is 22.1. The number of hydrogen-bond donors (Lipinski definition) is 0. The van der Waals surface area contributed by atoms with Crippen LogP contribution in [0, 0.1) is 0 Å². The van der Waals surface area contributed by atoms with Gasteiger partial charge in [0.05, 0.1) is 22.6 Å². The second-order valence-electron chi connectivity index (χ2n) is 23.6. The maximum atomic E-state index is 8.20. The normalized spacial score (nSPS) is 17.9. The topological polar surface area (TPSA) is 19.6 Å². The fraction of sp³-hybridized carbons (Fsp3) is 0.339. The lowest BCUT2D eigenvalue weighted by Gasteiger charge is -2.49. The predicted molar refractivity (Wildman–Crippen MR) is 275 cm³/mol. The number of aryl methyl sites for hydroxylation is 1. The largest absolute Gasteiger partial charge is 0.432 e. The first kappa shape index (κ1) is 42.5. The summed E-state index contributed by atoms with van der Waals surface area (Å²) >= 11 is 0. The van der Waals surface area contributed by atoms with E-state index in [-0.39, 0.29) is 27.8 Å². The van der Waals surface area contributed by atoms with Gasteiger partial charge in [0.25, 0.3) is 0 Å². The van der Waals surface area contributed by atoms with Crippen LogP contribution in [0.2, 0.25) is 0 Å². The molecule has 0 aliphatic carbocycles. The number of para-hydroxylation sites is 1. The van der Waals surface area contributed by atoms with E-state index >= 15 is 0 Å². The second kappa shape index (κ2) is 14.2. The van der Waals surface area contributed by atoms with E-state index in [1.807, 2.05) is 0 Å². The van der Waals surface area contributed by atoms with Crippen molar-refractivity contribution in [3.05, 3.63) is 173 Å². The first-order chi connectivity index (χ1) is 31.2. The number of fused-ring (bicyclic) bond motifs is 5. The zero-order valence-corrected chi connectivity index (χ0v) is 41.4. The molecule has 2 unspecified atom stereocenters. The van der Waals surface area contributed by atoms with Crippen molar-refractivity contribution < 1.29 is 9.30 Å². The van der Waals surface area contributed by atoms with Gasteiger partial charge >= 0.3 is 5.85 Å². The third-order valence-electron chi connectivity index (χ3n) is 14.9. The first-order valence-corrected chi connectivity index (χ1v) is 24.3. The summed E-state index contributed by atoms with van der Waals surface area (Å²) in [6.45, 7) is 30.3. The third-order valence-corrected chi connectivity index (χ3v) is 14.9. The number of pyridine rings is 1. The molecule has 1 aromatic heterocycles. The standard InChI is InChI=1S/C62H66N3O/c1-14-19-38-24-29-51(46(32-38)40-20-16-15-17-21-40)64-52-23-18-22-45-47-34-43(59(5,6)7)35-48-53-33-41(39-25-27-42(28-26-39)58(2,3)4)30-31-63(53)62(54(47)48)65(55(45)52)57(64)49-36-44(60(8,9)10)37-50(56(49)66-62)61(11,12)13/h15-18,20-37,57H,14,19H2,1-13H3/q+1. The van der Waals surface area contributed by atoms with E-state index in [2.05, 4.69) is 238 Å². The van der Waals surface area contributed by atoms with Crippen LogP contribution in [-0.4, -0.2) is 0 Å². The van der Waals surface area contributed by atoms with Crippen LogP contribution in [0.15, 0.2) is 134 Å². The van der Waals surface area contributed by atoms with Crippen molar-refractivity contribution in [2.45, 2.75) is 137 Å². The lowest BCUT2D eigenvalue weighted by Crippen LogP contribution is -2.71. The Morgan fingerprint density at radius 1 is 0.545 bits per heavy atom. The van der Waals surface area contributed by atoms with Crippen LogP contribution in [0.25, 0.3) is 44.6 Å². The van der Waals surface area contributed by atoms with Crippen molar-refractivity contribution in [3.63, 3.8) is 0 Å². The zero-order chi connectivity index (χ0) is 46.5. The van der Waals surface area contributed by atoms with Crippen molar-refractivity contribution in [2.24, 2.45) is 0 Å². The number of nitrogens with zero attached hydrogens (tertiary/aromatic N) is 3. The van der Waals surface area contributed by atoms with Crippen molar-refractivity contribution in [1.29, 1.82) is 0 Å². The molecule has 5 heterocycles. The molecular weight excluding hydrogens is 803 g/mol. The maximum Gasteiger partial charge on any atom is 0.432 e. The SMILES string of the molecule is CCCc1ccc(N2c3cccc4c3N3C2c2cc(C(C)(C)C)cc(C(C)(C)C)c2OC32c3c-4cc(C(C)(C)C)cc3-c3cc(-c4ccc(C(C)(C)C)cc4)cc[n+]32)c(-c2ccccc2)c1. The van der Waals surface area contributed by atoms with Gasteiger partial charge in [-0.05, 0) is 103 Å². The van der Waals surface area contributed by atoms with E-state index in [0.29, 0.717) is 0 Å². The summed E-state index contributed by atoms with van der Waals surface area (Å²) in [5, 5.41) is 0. The van der Waals surface area contributed by atoms with Gasteiger partial charge < -0.3 is 9.64 Å². The Bertz CT molecular complexity index is 3110. The number of benzene rings is 6. The molecule has 4 aliphatic heterocycles. The van der Waals surface area contributed by atoms with Crippen LogP contribution in [0.5, 0.6) is 5.75 Å². The molecule has 6 aromatic carbocycles. The number of ether oxygens (including phenoxy) is 1. The Hall–Kier alpha value is -6.13. The fourth-order valence-corrected chi connectivity index (χ4v) is 11.3. The van der Waals surface area contributed by atoms with E-state index in [1.165, 1.54) is 101 Å². The molecule has 4 heteroatoms. The molecule has 0 bridgehead atoms. The quantitative estimate of drug-likeness (QED) is 0.161. The lowest BCUT2D eigenvalue weighted by molar-refractivity contribution is -0.774. The average molecular weight is 869 g/mol. The van der Waals surface area contributed by atoms with E-state index in [0.717, 1.165) is 18.6 Å². The summed E-state index contributed by atoms with van der Waals surface area (Å²) in [5.74, 6) is -0.0420. The predicted octanol–water partition coefficient (Wildman–Crippen LogP) is 15.8. The molecular formula is C62H66N3O+. The minimum atomic E-state index is -1.03. The van der Waals surface area contributed by atoms with E-state index in [9.17, 15) is 0 Å². The molecule has 2 atom stereocenters. The maximum absolute atomic E-state index is 8.20. The number of aromatic nitrogens is 1.